The number of carbonyl (C=O) groups is 1. The van der Waals surface area contributed by atoms with Crippen molar-refractivity contribution in [3.63, 3.8) is 0 Å². The molecule has 1 fully saturated rings. The van der Waals surface area contributed by atoms with E-state index in [1.807, 2.05) is 12.1 Å². The minimum Gasteiger partial charge on any atom is -0.504 e. The third-order valence-electron chi connectivity index (χ3n) is 6.54. The summed E-state index contributed by atoms with van der Waals surface area (Å²) in [5, 5.41) is 30.0. The number of phenols is 2. The zero-order valence-corrected chi connectivity index (χ0v) is 20.2. The van der Waals surface area contributed by atoms with Gasteiger partial charge in [-0.3, -0.25) is 0 Å². The van der Waals surface area contributed by atoms with Crippen molar-refractivity contribution in [2.45, 2.75) is 19.1 Å². The molecular weight excluding hydrogens is 464 g/mol. The lowest BCUT2D eigenvalue weighted by atomic mass is 9.83. The lowest BCUT2D eigenvalue weighted by Crippen LogP contribution is -2.24. The van der Waals surface area contributed by atoms with Crippen LogP contribution in [0, 0.1) is 11.8 Å². The molecule has 1 aliphatic heterocycles. The lowest BCUT2D eigenvalue weighted by Gasteiger charge is -2.24. The normalized spacial score (nSPS) is 19.1. The van der Waals surface area contributed by atoms with Gasteiger partial charge in [0.1, 0.15) is 0 Å². The minimum atomic E-state index is -0.461. The molecule has 3 aromatic rings. The third kappa shape index (κ3) is 5.40. The molecule has 4 rings (SSSR count). The van der Waals surface area contributed by atoms with Crippen molar-refractivity contribution in [3.8, 4) is 23.0 Å². The lowest BCUT2D eigenvalue weighted by molar-refractivity contribution is 0.0289. The molecule has 1 heterocycles. The van der Waals surface area contributed by atoms with Gasteiger partial charge >= 0.3 is 5.97 Å². The number of aliphatic hydroxyl groups excluding tert-OH is 1. The fourth-order valence-corrected chi connectivity index (χ4v) is 4.61. The van der Waals surface area contributed by atoms with Gasteiger partial charge in [-0.1, -0.05) is 24.3 Å². The van der Waals surface area contributed by atoms with Gasteiger partial charge in [-0.05, 0) is 59.9 Å². The van der Waals surface area contributed by atoms with Gasteiger partial charge in [-0.25, -0.2) is 4.79 Å². The van der Waals surface area contributed by atoms with Gasteiger partial charge in [0.25, 0.3) is 0 Å². The van der Waals surface area contributed by atoms with Crippen LogP contribution in [0.5, 0.6) is 23.0 Å². The Bertz CT molecular complexity index is 1170. The van der Waals surface area contributed by atoms with E-state index in [4.69, 9.17) is 18.9 Å². The Balaban J connectivity index is 1.62. The van der Waals surface area contributed by atoms with E-state index in [2.05, 4.69) is 0 Å². The average Bonchev–Trinajstić information content (AvgIpc) is 3.31. The number of hydrogen-bond acceptors (Lipinski definition) is 8. The number of carbonyl (C=O) groups excluding carboxylic acids is 1. The zero-order chi connectivity index (χ0) is 25.7. The molecule has 3 aromatic carbocycles. The number of benzene rings is 3. The number of methoxy groups -OCH3 is 2. The standard InChI is InChI=1S/C28H30O8/c1-33-24-11-17(8-9-23(24)30)10-21-15-35-27(19-12-20(14-29)26(31)25(13-19)34-2)22(21)16-36-28(32)18-6-4-3-5-7-18/h3-9,11-13,21-22,27,29-31H,10,14-16H2,1-2H3/t21-,22?,27+/m1/s1. The second-order valence-corrected chi connectivity index (χ2v) is 8.74. The zero-order valence-electron chi connectivity index (χ0n) is 20.2. The predicted octanol–water partition coefficient (Wildman–Crippen LogP) is 4.01. The van der Waals surface area contributed by atoms with Gasteiger partial charge < -0.3 is 34.3 Å². The van der Waals surface area contributed by atoms with Crippen LogP contribution in [0.2, 0.25) is 0 Å². The highest BCUT2D eigenvalue weighted by molar-refractivity contribution is 5.89. The van der Waals surface area contributed by atoms with E-state index < -0.39 is 12.1 Å². The number of aromatic hydroxyl groups is 2. The van der Waals surface area contributed by atoms with Crippen LogP contribution in [0.25, 0.3) is 0 Å². The largest absolute Gasteiger partial charge is 0.504 e. The van der Waals surface area contributed by atoms with Crippen LogP contribution in [-0.2, 0) is 22.5 Å². The van der Waals surface area contributed by atoms with Crippen LogP contribution in [0.3, 0.4) is 0 Å². The molecule has 0 aromatic heterocycles. The number of hydrogen-bond donors (Lipinski definition) is 3. The van der Waals surface area contributed by atoms with Crippen LogP contribution < -0.4 is 9.47 Å². The summed E-state index contributed by atoms with van der Waals surface area (Å²) in [6.07, 6.45) is 0.139. The van der Waals surface area contributed by atoms with Crippen LogP contribution >= 0.6 is 0 Å². The number of rotatable bonds is 9. The van der Waals surface area contributed by atoms with Crippen LogP contribution in [0.1, 0.15) is 33.2 Å². The first-order valence-electron chi connectivity index (χ1n) is 11.7. The van der Waals surface area contributed by atoms with Gasteiger partial charge in [-0.2, -0.15) is 0 Å². The highest BCUT2D eigenvalue weighted by atomic mass is 16.5. The van der Waals surface area contributed by atoms with Gasteiger partial charge in [0, 0.05) is 11.5 Å². The summed E-state index contributed by atoms with van der Waals surface area (Å²) in [5.41, 5.74) is 2.43. The summed E-state index contributed by atoms with van der Waals surface area (Å²) in [6, 6.07) is 17.3. The van der Waals surface area contributed by atoms with E-state index in [1.165, 1.54) is 14.2 Å². The van der Waals surface area contributed by atoms with E-state index >= 15 is 0 Å². The predicted molar refractivity (Wildman–Crippen MR) is 131 cm³/mol. The number of ether oxygens (including phenoxy) is 4. The first kappa shape index (κ1) is 25.3. The molecule has 0 saturated carbocycles. The summed E-state index contributed by atoms with van der Waals surface area (Å²) < 4.78 is 22.5. The molecule has 1 aliphatic rings. The quantitative estimate of drug-likeness (QED) is 0.382. The highest BCUT2D eigenvalue weighted by Gasteiger charge is 2.40. The third-order valence-corrected chi connectivity index (χ3v) is 6.54. The smallest absolute Gasteiger partial charge is 0.338 e. The van der Waals surface area contributed by atoms with Crippen molar-refractivity contribution in [3.05, 3.63) is 82.9 Å². The summed E-state index contributed by atoms with van der Waals surface area (Å²) in [5.74, 6) is -0.128. The SMILES string of the molecule is COc1cc(C[C@@H]2CO[C@@H](c3cc(CO)c(O)c(OC)c3)C2COC(=O)c2ccccc2)ccc1O. The molecule has 0 amide bonds. The van der Waals surface area contributed by atoms with E-state index in [1.54, 1.807) is 48.5 Å². The Labute approximate surface area is 209 Å². The first-order chi connectivity index (χ1) is 17.4. The average molecular weight is 495 g/mol. The summed E-state index contributed by atoms with van der Waals surface area (Å²) in [7, 11) is 2.94. The number of esters is 1. The fraction of sp³-hybridized carbons (Fsp3) is 0.321. The Kier molecular flexibility index (Phi) is 7.97. The fourth-order valence-electron chi connectivity index (χ4n) is 4.61. The van der Waals surface area contributed by atoms with Crippen LogP contribution in [0.15, 0.2) is 60.7 Å². The molecule has 3 atom stereocenters. The van der Waals surface area contributed by atoms with Crippen molar-refractivity contribution < 1.29 is 39.1 Å². The van der Waals surface area contributed by atoms with Crippen molar-refractivity contribution in [2.75, 3.05) is 27.4 Å². The number of phenolic OH excluding ortho intramolecular Hbond substituents is 1. The second kappa shape index (κ2) is 11.3. The first-order valence-corrected chi connectivity index (χ1v) is 11.7. The van der Waals surface area contributed by atoms with E-state index in [0.29, 0.717) is 35.5 Å². The molecule has 0 bridgehead atoms. The maximum absolute atomic E-state index is 12.7. The maximum Gasteiger partial charge on any atom is 0.338 e. The van der Waals surface area contributed by atoms with Crippen molar-refractivity contribution in [1.29, 1.82) is 0 Å². The van der Waals surface area contributed by atoms with Gasteiger partial charge in [0.2, 0.25) is 0 Å². The molecule has 0 spiro atoms. The van der Waals surface area contributed by atoms with Crippen molar-refractivity contribution in [1.82, 2.24) is 0 Å². The van der Waals surface area contributed by atoms with Crippen molar-refractivity contribution >= 4 is 5.97 Å². The minimum absolute atomic E-state index is 0.0230. The van der Waals surface area contributed by atoms with Gasteiger partial charge in [-0.15, -0.1) is 0 Å². The molecule has 190 valence electrons. The molecule has 1 unspecified atom stereocenters. The molecular formula is C28H30O8. The monoisotopic (exact) mass is 494 g/mol. The molecule has 3 N–H and O–H groups in total. The second-order valence-electron chi connectivity index (χ2n) is 8.74. The van der Waals surface area contributed by atoms with Crippen molar-refractivity contribution in [2.24, 2.45) is 11.8 Å². The van der Waals surface area contributed by atoms with E-state index in [9.17, 15) is 20.1 Å². The summed E-state index contributed by atoms with van der Waals surface area (Å²) in [6.45, 7) is 0.141. The highest BCUT2D eigenvalue weighted by Crippen LogP contribution is 2.44. The molecule has 0 radical (unpaired) electrons. The molecule has 0 aliphatic carbocycles. The topological polar surface area (TPSA) is 115 Å². The summed E-state index contributed by atoms with van der Waals surface area (Å²) >= 11 is 0. The van der Waals surface area contributed by atoms with Crippen LogP contribution in [0.4, 0.5) is 0 Å². The Hall–Kier alpha value is -3.75. The van der Waals surface area contributed by atoms with Gasteiger partial charge in [0.05, 0.1) is 45.7 Å². The van der Waals surface area contributed by atoms with E-state index in [-0.39, 0.29) is 42.3 Å². The Morgan fingerprint density at radius 2 is 1.75 bits per heavy atom. The number of aliphatic hydroxyl groups is 1. The Morgan fingerprint density at radius 1 is 1.00 bits per heavy atom. The molecule has 8 nitrogen and oxygen atoms in total. The summed E-state index contributed by atoms with van der Waals surface area (Å²) in [4.78, 5) is 12.7. The van der Waals surface area contributed by atoms with Gasteiger partial charge in [0.15, 0.2) is 23.0 Å². The molecule has 1 saturated heterocycles. The molecule has 36 heavy (non-hydrogen) atoms. The Morgan fingerprint density at radius 3 is 2.44 bits per heavy atom. The molecule has 8 heteroatoms. The van der Waals surface area contributed by atoms with Crippen LogP contribution in [-0.4, -0.2) is 48.7 Å². The maximum atomic E-state index is 12.7. The van der Waals surface area contributed by atoms with E-state index in [0.717, 1.165) is 5.56 Å².